The molecule has 0 radical (unpaired) electrons. The van der Waals surface area contributed by atoms with Crippen LogP contribution in [0.5, 0.6) is 0 Å². The summed E-state index contributed by atoms with van der Waals surface area (Å²) in [5, 5.41) is 22.4. The van der Waals surface area contributed by atoms with E-state index in [1.165, 1.54) is 4.90 Å². The number of ether oxygens (including phenoxy) is 1. The van der Waals surface area contributed by atoms with Gasteiger partial charge in [0.25, 0.3) is 5.91 Å². The van der Waals surface area contributed by atoms with Gasteiger partial charge < -0.3 is 24.7 Å². The minimum absolute atomic E-state index is 0.173. The molecule has 2 aromatic carbocycles. The number of aliphatic hydroxyl groups is 1. The highest BCUT2D eigenvalue weighted by Gasteiger charge is 2.77. The second-order valence-electron chi connectivity index (χ2n) is 10.5. The van der Waals surface area contributed by atoms with Gasteiger partial charge in [0.05, 0.1) is 30.6 Å². The van der Waals surface area contributed by atoms with Crippen molar-refractivity contribution in [2.24, 2.45) is 17.8 Å². The Labute approximate surface area is 224 Å². The van der Waals surface area contributed by atoms with Gasteiger partial charge in [-0.2, -0.15) is 0 Å². The number of carboxylic acids is 1. The standard InChI is InChI=1S/C28H31BrN2O6/c1-4-11-30(18-10-9-16-7-5-6-8-17(16)12-18)26(34)24-28-13-19(29)23(37-28)21(27(35)36)22(28)25(33)31(24)20(14-32)15(2)3/h4-10,12,15,19-24,32H,1,11,13-14H2,2-3H3,(H,35,36)/t19?,20-,21-,22+,23-,24-,28+/m0/s1. The zero-order valence-corrected chi connectivity index (χ0v) is 22.4. The summed E-state index contributed by atoms with van der Waals surface area (Å²) in [7, 11) is 0. The fraction of sp³-hybridized carbons (Fsp3) is 0.464. The molecule has 37 heavy (non-hydrogen) atoms. The van der Waals surface area contributed by atoms with Crippen molar-refractivity contribution in [1.82, 2.24) is 4.90 Å². The van der Waals surface area contributed by atoms with Crippen molar-refractivity contribution in [2.75, 3.05) is 18.1 Å². The van der Waals surface area contributed by atoms with Crippen LogP contribution < -0.4 is 4.90 Å². The second kappa shape index (κ2) is 9.53. The summed E-state index contributed by atoms with van der Waals surface area (Å²) in [5.41, 5.74) is -0.673. The van der Waals surface area contributed by atoms with Crippen LogP contribution in [0.3, 0.4) is 0 Å². The maximum atomic E-state index is 14.5. The number of carbonyl (C=O) groups is 3. The van der Waals surface area contributed by atoms with E-state index < -0.39 is 47.5 Å². The number of nitrogens with zero attached hydrogens (tertiary/aromatic N) is 2. The van der Waals surface area contributed by atoms with Gasteiger partial charge in [0.1, 0.15) is 11.6 Å². The lowest BCUT2D eigenvalue weighted by atomic mass is 9.70. The Kier molecular flexibility index (Phi) is 6.66. The van der Waals surface area contributed by atoms with E-state index in [0.29, 0.717) is 12.1 Å². The van der Waals surface area contributed by atoms with E-state index in [1.807, 2.05) is 56.3 Å². The molecule has 3 aliphatic heterocycles. The van der Waals surface area contributed by atoms with Gasteiger partial charge in [0.2, 0.25) is 5.91 Å². The Bertz CT molecular complexity index is 1270. The van der Waals surface area contributed by atoms with E-state index in [1.54, 1.807) is 11.0 Å². The zero-order valence-electron chi connectivity index (χ0n) is 20.8. The first-order valence-electron chi connectivity index (χ1n) is 12.5. The number of aliphatic carboxylic acids is 1. The highest BCUT2D eigenvalue weighted by Crippen LogP contribution is 2.60. The van der Waals surface area contributed by atoms with Crippen molar-refractivity contribution in [1.29, 1.82) is 0 Å². The third-order valence-corrected chi connectivity index (χ3v) is 9.03. The maximum absolute atomic E-state index is 14.5. The van der Waals surface area contributed by atoms with Crippen molar-refractivity contribution in [3.8, 4) is 0 Å². The molecule has 0 saturated carbocycles. The number of rotatable bonds is 8. The fourth-order valence-corrected chi connectivity index (χ4v) is 7.49. The Hall–Kier alpha value is -2.75. The van der Waals surface area contributed by atoms with Gasteiger partial charge in [-0.25, -0.2) is 0 Å². The quantitative estimate of drug-likeness (QED) is 0.373. The van der Waals surface area contributed by atoms with Crippen LogP contribution in [-0.4, -0.2) is 74.7 Å². The number of carboxylic acid groups (broad SMARTS) is 1. The van der Waals surface area contributed by atoms with E-state index in [4.69, 9.17) is 4.74 Å². The molecule has 3 heterocycles. The van der Waals surface area contributed by atoms with Gasteiger partial charge in [-0.05, 0) is 35.2 Å². The van der Waals surface area contributed by atoms with E-state index in [2.05, 4.69) is 22.5 Å². The summed E-state index contributed by atoms with van der Waals surface area (Å²) in [5.74, 6) is -4.20. The van der Waals surface area contributed by atoms with Crippen molar-refractivity contribution < 1.29 is 29.3 Å². The molecule has 9 heteroatoms. The number of fused-ring (bicyclic) bond motifs is 2. The number of benzene rings is 2. The van der Waals surface area contributed by atoms with Gasteiger partial charge in [-0.1, -0.05) is 66.2 Å². The van der Waals surface area contributed by atoms with E-state index in [0.717, 1.165) is 10.8 Å². The van der Waals surface area contributed by atoms with E-state index >= 15 is 0 Å². The van der Waals surface area contributed by atoms with E-state index in [-0.39, 0.29) is 29.8 Å². The Morgan fingerprint density at radius 1 is 1.27 bits per heavy atom. The molecule has 2 amide bonds. The lowest BCUT2D eigenvalue weighted by Gasteiger charge is -2.40. The van der Waals surface area contributed by atoms with E-state index in [9.17, 15) is 24.6 Å². The summed E-state index contributed by atoms with van der Waals surface area (Å²) in [6.07, 6.45) is 1.22. The Balaban J connectivity index is 1.65. The Morgan fingerprint density at radius 3 is 2.59 bits per heavy atom. The van der Waals surface area contributed by atoms with Crippen LogP contribution in [0.25, 0.3) is 10.8 Å². The number of halogens is 1. The third kappa shape index (κ3) is 3.82. The summed E-state index contributed by atoms with van der Waals surface area (Å²) in [6.45, 7) is 7.41. The highest BCUT2D eigenvalue weighted by molar-refractivity contribution is 9.09. The smallest absolute Gasteiger partial charge is 0.310 e. The second-order valence-corrected chi connectivity index (χ2v) is 11.7. The van der Waals surface area contributed by atoms with Crippen LogP contribution in [0, 0.1) is 17.8 Å². The summed E-state index contributed by atoms with van der Waals surface area (Å²) < 4.78 is 6.37. The van der Waals surface area contributed by atoms with Gasteiger partial charge in [-0.3, -0.25) is 14.4 Å². The molecular formula is C28H31BrN2O6. The molecule has 8 nitrogen and oxygen atoms in total. The van der Waals surface area contributed by atoms with Gasteiger partial charge >= 0.3 is 5.97 Å². The first kappa shape index (κ1) is 25.9. The normalized spacial score (nSPS) is 31.1. The monoisotopic (exact) mass is 570 g/mol. The molecule has 2 aromatic rings. The molecule has 3 fully saturated rings. The molecule has 1 spiro atoms. The molecule has 3 aliphatic rings. The van der Waals surface area contributed by atoms with Crippen molar-refractivity contribution >= 4 is 50.2 Å². The molecule has 1 unspecified atom stereocenters. The number of alkyl halides is 1. The highest BCUT2D eigenvalue weighted by atomic mass is 79.9. The van der Waals surface area contributed by atoms with Gasteiger partial charge in [0.15, 0.2) is 0 Å². The van der Waals surface area contributed by atoms with Crippen LogP contribution in [0.4, 0.5) is 5.69 Å². The third-order valence-electron chi connectivity index (χ3n) is 8.18. The number of carbonyl (C=O) groups excluding carboxylic acids is 2. The molecule has 7 atom stereocenters. The molecule has 0 aliphatic carbocycles. The number of hydrogen-bond acceptors (Lipinski definition) is 5. The predicted octanol–water partition coefficient (Wildman–Crippen LogP) is 3.21. The lowest BCUT2D eigenvalue weighted by molar-refractivity contribution is -0.151. The minimum atomic E-state index is -1.31. The van der Waals surface area contributed by atoms with Crippen molar-refractivity contribution in [3.63, 3.8) is 0 Å². The molecule has 3 saturated heterocycles. The first-order valence-corrected chi connectivity index (χ1v) is 13.5. The molecular weight excluding hydrogens is 540 g/mol. The SMILES string of the molecule is C=CCN(C(=O)[C@@H]1N([C@@H](CO)C(C)C)C(=O)[C@H]2[C@H](C(=O)O)[C@H]3O[C@@]12CC3Br)c1ccc2ccccc2c1. The fourth-order valence-electron chi connectivity index (χ4n) is 6.55. The number of likely N-dealkylation sites (tertiary alicyclic amines) is 1. The van der Waals surface area contributed by atoms with Gasteiger partial charge in [0, 0.05) is 17.1 Å². The predicted molar refractivity (Wildman–Crippen MR) is 142 cm³/mol. The number of anilines is 1. The van der Waals surface area contributed by atoms with Crippen LogP contribution in [-0.2, 0) is 19.1 Å². The summed E-state index contributed by atoms with van der Waals surface area (Å²) >= 11 is 3.57. The van der Waals surface area contributed by atoms with Crippen LogP contribution in [0.1, 0.15) is 20.3 Å². The maximum Gasteiger partial charge on any atom is 0.310 e. The number of aliphatic hydroxyl groups excluding tert-OH is 1. The van der Waals surface area contributed by atoms with Crippen molar-refractivity contribution in [2.45, 2.75) is 48.9 Å². The average molecular weight is 571 g/mol. The number of amides is 2. The minimum Gasteiger partial charge on any atom is -0.481 e. The molecule has 196 valence electrons. The molecule has 5 rings (SSSR count). The average Bonchev–Trinajstić information content (AvgIpc) is 3.46. The van der Waals surface area contributed by atoms with Crippen molar-refractivity contribution in [3.05, 3.63) is 55.1 Å². The largest absolute Gasteiger partial charge is 0.481 e. The van der Waals surface area contributed by atoms with Crippen LogP contribution in [0.15, 0.2) is 55.1 Å². The summed E-state index contributed by atoms with van der Waals surface area (Å²) in [4.78, 5) is 43.5. The number of hydrogen-bond donors (Lipinski definition) is 2. The molecule has 2 N–H and O–H groups in total. The Morgan fingerprint density at radius 2 is 1.97 bits per heavy atom. The lowest BCUT2D eigenvalue weighted by Crippen LogP contribution is -2.60. The van der Waals surface area contributed by atoms with Crippen LogP contribution >= 0.6 is 15.9 Å². The zero-order chi connectivity index (χ0) is 26.6. The molecule has 2 bridgehead atoms. The first-order chi connectivity index (χ1) is 17.7. The van der Waals surface area contributed by atoms with Crippen LogP contribution in [0.2, 0.25) is 0 Å². The topological polar surface area (TPSA) is 107 Å². The van der Waals surface area contributed by atoms with Gasteiger partial charge in [-0.15, -0.1) is 6.58 Å². The summed E-state index contributed by atoms with van der Waals surface area (Å²) in [6, 6.07) is 11.8. The molecule has 0 aromatic heterocycles.